The highest BCUT2D eigenvalue weighted by Crippen LogP contribution is 2.33. The molecule has 1 fully saturated rings. The monoisotopic (exact) mass is 337 g/mol. The van der Waals surface area contributed by atoms with Gasteiger partial charge >= 0.3 is 5.97 Å². The summed E-state index contributed by atoms with van der Waals surface area (Å²) in [5.41, 5.74) is -0.459. The molecule has 0 unspecified atom stereocenters. The van der Waals surface area contributed by atoms with E-state index in [1.165, 1.54) is 43.9 Å². The first-order chi connectivity index (χ1) is 10.9. The van der Waals surface area contributed by atoms with Gasteiger partial charge in [-0.2, -0.15) is 0 Å². The summed E-state index contributed by atoms with van der Waals surface area (Å²) in [7, 11) is 0. The maximum atomic E-state index is 11.9. The molecule has 2 rings (SSSR count). The summed E-state index contributed by atoms with van der Waals surface area (Å²) in [6.07, 6.45) is 8.02. The summed E-state index contributed by atoms with van der Waals surface area (Å²) >= 11 is 1.39. The molecule has 1 aliphatic rings. The van der Waals surface area contributed by atoms with Gasteiger partial charge in [-0.25, -0.2) is 0 Å². The molecule has 0 aromatic carbocycles. The lowest BCUT2D eigenvalue weighted by atomic mass is 9.89. The van der Waals surface area contributed by atoms with E-state index < -0.39 is 5.60 Å². The van der Waals surface area contributed by atoms with Crippen molar-refractivity contribution in [1.82, 2.24) is 14.8 Å². The minimum absolute atomic E-state index is 0.227. The minimum atomic E-state index is -0.459. The van der Waals surface area contributed by atoms with Gasteiger partial charge in [0.2, 0.25) is 0 Å². The molecule has 0 saturated heterocycles. The second kappa shape index (κ2) is 7.99. The zero-order valence-corrected chi connectivity index (χ0v) is 15.2. The zero-order valence-electron chi connectivity index (χ0n) is 14.4. The fourth-order valence-electron chi connectivity index (χ4n) is 2.86. The van der Waals surface area contributed by atoms with Crippen LogP contribution in [0.2, 0.25) is 0 Å². The third kappa shape index (κ3) is 5.37. The molecule has 0 spiro atoms. The predicted octanol–water partition coefficient (Wildman–Crippen LogP) is 3.95. The van der Waals surface area contributed by atoms with Gasteiger partial charge in [-0.15, -0.1) is 16.8 Å². The number of carbonyl (C=O) groups is 1. The second-order valence-corrected chi connectivity index (χ2v) is 7.89. The molecule has 0 amide bonds. The van der Waals surface area contributed by atoms with Crippen LogP contribution in [0, 0.1) is 0 Å². The highest BCUT2D eigenvalue weighted by atomic mass is 32.2. The fraction of sp³-hybridized carbons (Fsp3) is 0.706. The van der Waals surface area contributed by atoms with Crippen LogP contribution in [0.15, 0.2) is 17.8 Å². The van der Waals surface area contributed by atoms with Crippen LogP contribution in [-0.4, -0.2) is 32.1 Å². The van der Waals surface area contributed by atoms with E-state index >= 15 is 0 Å². The number of hydrogen-bond acceptors (Lipinski definition) is 5. The molecule has 1 aliphatic carbocycles. The Morgan fingerprint density at radius 2 is 2.04 bits per heavy atom. The van der Waals surface area contributed by atoms with Gasteiger partial charge in [0, 0.05) is 12.5 Å². The lowest BCUT2D eigenvalue weighted by Crippen LogP contribution is -2.25. The number of hydrogen-bond donors (Lipinski definition) is 0. The molecule has 1 heterocycles. The number of aromatic nitrogens is 3. The van der Waals surface area contributed by atoms with E-state index in [1.807, 2.05) is 26.8 Å². The Hall–Kier alpha value is -1.30. The third-order valence-electron chi connectivity index (χ3n) is 3.77. The van der Waals surface area contributed by atoms with Gasteiger partial charge in [0.05, 0.1) is 5.75 Å². The molecule has 0 N–H and O–H groups in total. The van der Waals surface area contributed by atoms with Gasteiger partial charge in [0.25, 0.3) is 0 Å². The molecule has 0 aliphatic heterocycles. The average Bonchev–Trinajstić information content (AvgIpc) is 2.88. The standard InChI is InChI=1S/C17H27N3O2S/c1-5-11-20-15(13-9-7-6-8-10-13)18-19-16(20)23-12-14(21)22-17(2,3)4/h5,13H,1,6-12H2,2-4H3. The molecule has 5 nitrogen and oxygen atoms in total. The van der Waals surface area contributed by atoms with Crippen molar-refractivity contribution in [3.63, 3.8) is 0 Å². The van der Waals surface area contributed by atoms with Crippen LogP contribution in [0.3, 0.4) is 0 Å². The van der Waals surface area contributed by atoms with Crippen molar-refractivity contribution in [3.05, 3.63) is 18.5 Å². The van der Waals surface area contributed by atoms with Crippen molar-refractivity contribution in [1.29, 1.82) is 0 Å². The zero-order chi connectivity index (χ0) is 16.9. The fourth-order valence-corrected chi connectivity index (χ4v) is 3.59. The average molecular weight is 337 g/mol. The van der Waals surface area contributed by atoms with Crippen LogP contribution < -0.4 is 0 Å². The van der Waals surface area contributed by atoms with E-state index in [2.05, 4.69) is 21.3 Å². The molecule has 0 atom stereocenters. The molecule has 0 radical (unpaired) electrons. The lowest BCUT2D eigenvalue weighted by Gasteiger charge is -2.21. The first kappa shape index (κ1) is 18.0. The Bertz CT molecular complexity index is 543. The number of thioether (sulfide) groups is 1. The van der Waals surface area contributed by atoms with Gasteiger partial charge in [0.15, 0.2) is 5.16 Å². The molecule has 1 aromatic rings. The van der Waals surface area contributed by atoms with E-state index in [4.69, 9.17) is 4.74 Å². The largest absolute Gasteiger partial charge is 0.459 e. The van der Waals surface area contributed by atoms with Crippen molar-refractivity contribution in [2.24, 2.45) is 0 Å². The summed E-state index contributed by atoms with van der Waals surface area (Å²) in [6.45, 7) is 10.1. The Morgan fingerprint density at radius 1 is 1.35 bits per heavy atom. The molecule has 6 heteroatoms. The number of esters is 1. The van der Waals surface area contributed by atoms with Gasteiger partial charge in [-0.1, -0.05) is 37.1 Å². The first-order valence-electron chi connectivity index (χ1n) is 8.29. The lowest BCUT2D eigenvalue weighted by molar-refractivity contribution is -0.151. The Morgan fingerprint density at radius 3 is 2.65 bits per heavy atom. The molecule has 1 saturated carbocycles. The second-order valence-electron chi connectivity index (χ2n) is 6.95. The highest BCUT2D eigenvalue weighted by Gasteiger charge is 2.24. The summed E-state index contributed by atoms with van der Waals surface area (Å²) in [4.78, 5) is 11.9. The third-order valence-corrected chi connectivity index (χ3v) is 4.71. The smallest absolute Gasteiger partial charge is 0.316 e. The van der Waals surface area contributed by atoms with Gasteiger partial charge in [0.1, 0.15) is 11.4 Å². The SMILES string of the molecule is C=CCn1c(SCC(=O)OC(C)(C)C)nnc1C1CCCCC1. The molecule has 128 valence electrons. The van der Waals surface area contributed by atoms with Crippen molar-refractivity contribution in [2.45, 2.75) is 76.1 Å². The van der Waals surface area contributed by atoms with Crippen molar-refractivity contribution in [2.75, 3.05) is 5.75 Å². The van der Waals surface area contributed by atoms with E-state index in [0.717, 1.165) is 11.0 Å². The molecule has 0 bridgehead atoms. The summed E-state index contributed by atoms with van der Waals surface area (Å²) in [6, 6.07) is 0. The number of rotatable bonds is 6. The van der Waals surface area contributed by atoms with E-state index in [9.17, 15) is 4.79 Å². The van der Waals surface area contributed by atoms with Gasteiger partial charge in [-0.05, 0) is 33.6 Å². The Labute approximate surface area is 142 Å². The van der Waals surface area contributed by atoms with E-state index in [-0.39, 0.29) is 11.7 Å². The van der Waals surface area contributed by atoms with Crippen LogP contribution in [-0.2, 0) is 16.1 Å². The van der Waals surface area contributed by atoms with Crippen molar-refractivity contribution < 1.29 is 9.53 Å². The van der Waals surface area contributed by atoms with Crippen LogP contribution >= 0.6 is 11.8 Å². The van der Waals surface area contributed by atoms with Crippen LogP contribution in [0.1, 0.15) is 64.6 Å². The van der Waals surface area contributed by atoms with Gasteiger partial charge < -0.3 is 9.30 Å². The minimum Gasteiger partial charge on any atom is -0.459 e. The van der Waals surface area contributed by atoms with E-state index in [0.29, 0.717) is 12.5 Å². The number of ether oxygens (including phenoxy) is 1. The van der Waals surface area contributed by atoms with Crippen LogP contribution in [0.4, 0.5) is 0 Å². The Kier molecular flexibility index (Phi) is 6.27. The first-order valence-corrected chi connectivity index (χ1v) is 9.28. The maximum absolute atomic E-state index is 11.9. The van der Waals surface area contributed by atoms with E-state index in [1.54, 1.807) is 0 Å². The number of carbonyl (C=O) groups excluding carboxylic acids is 1. The predicted molar refractivity (Wildman–Crippen MR) is 92.6 cm³/mol. The van der Waals surface area contributed by atoms with Crippen molar-refractivity contribution in [3.8, 4) is 0 Å². The number of nitrogens with zero attached hydrogens (tertiary/aromatic N) is 3. The Balaban J connectivity index is 2.05. The maximum Gasteiger partial charge on any atom is 0.316 e. The highest BCUT2D eigenvalue weighted by molar-refractivity contribution is 7.99. The van der Waals surface area contributed by atoms with Gasteiger partial charge in [-0.3, -0.25) is 4.79 Å². The van der Waals surface area contributed by atoms with Crippen molar-refractivity contribution >= 4 is 17.7 Å². The summed E-state index contributed by atoms with van der Waals surface area (Å²) in [5.74, 6) is 1.54. The number of allylic oxidation sites excluding steroid dienone is 1. The molecule has 1 aromatic heterocycles. The molecular formula is C17H27N3O2S. The normalized spacial score (nSPS) is 16.3. The summed E-state index contributed by atoms with van der Waals surface area (Å²) < 4.78 is 7.44. The molecular weight excluding hydrogens is 310 g/mol. The topological polar surface area (TPSA) is 57.0 Å². The molecule has 23 heavy (non-hydrogen) atoms. The quantitative estimate of drug-likeness (QED) is 0.447. The van der Waals surface area contributed by atoms with Crippen LogP contribution in [0.5, 0.6) is 0 Å². The van der Waals surface area contributed by atoms with Crippen LogP contribution in [0.25, 0.3) is 0 Å². The summed E-state index contributed by atoms with van der Waals surface area (Å²) in [5, 5.41) is 9.48.